The molecule has 0 aliphatic heterocycles. The minimum atomic E-state index is -4.24. The first-order chi connectivity index (χ1) is 9.77. The van der Waals surface area contributed by atoms with E-state index in [9.17, 15) is 18.0 Å². The van der Waals surface area contributed by atoms with Crippen molar-refractivity contribution < 1.29 is 22.7 Å². The Morgan fingerprint density at radius 1 is 1.33 bits per heavy atom. The Hall–Kier alpha value is -1.23. The molecule has 1 aromatic carbocycles. The van der Waals surface area contributed by atoms with Gasteiger partial charge in [-0.15, -0.1) is 0 Å². The minimum absolute atomic E-state index is 0.0905. The van der Waals surface area contributed by atoms with Crippen molar-refractivity contribution in [1.82, 2.24) is 0 Å². The highest BCUT2D eigenvalue weighted by molar-refractivity contribution is 6.30. The third-order valence-electron chi connectivity index (χ3n) is 3.82. The predicted molar refractivity (Wildman–Crippen MR) is 73.3 cm³/mol. The molecule has 0 spiro atoms. The highest BCUT2D eigenvalue weighted by atomic mass is 35.5. The molecule has 116 valence electrons. The lowest BCUT2D eigenvalue weighted by molar-refractivity contribution is -0.187. The van der Waals surface area contributed by atoms with Gasteiger partial charge < -0.3 is 4.74 Å². The third kappa shape index (κ3) is 4.13. The monoisotopic (exact) mass is 320 g/mol. The highest BCUT2D eigenvalue weighted by Crippen LogP contribution is 2.40. The maximum atomic E-state index is 12.7. The second kappa shape index (κ2) is 6.26. The molecule has 0 bridgehead atoms. The molecule has 1 aromatic rings. The summed E-state index contributed by atoms with van der Waals surface area (Å²) in [4.78, 5) is 12.1. The van der Waals surface area contributed by atoms with Gasteiger partial charge in [0.15, 0.2) is 0 Å². The first-order valence-electron chi connectivity index (χ1n) is 6.82. The molecule has 21 heavy (non-hydrogen) atoms. The first-order valence-corrected chi connectivity index (χ1v) is 7.19. The van der Waals surface area contributed by atoms with E-state index < -0.39 is 24.0 Å². The second-order valence-electron chi connectivity index (χ2n) is 5.43. The molecule has 0 saturated heterocycles. The van der Waals surface area contributed by atoms with E-state index in [-0.39, 0.29) is 12.8 Å². The number of aryl methyl sites for hydroxylation is 1. The van der Waals surface area contributed by atoms with E-state index in [1.807, 2.05) is 0 Å². The predicted octanol–water partition coefficient (Wildman–Crippen LogP) is 4.92. The van der Waals surface area contributed by atoms with E-state index in [1.165, 1.54) is 0 Å². The van der Waals surface area contributed by atoms with Crippen LogP contribution in [0.4, 0.5) is 13.2 Å². The minimum Gasteiger partial charge on any atom is -0.426 e. The third-order valence-corrected chi connectivity index (χ3v) is 4.05. The number of benzene rings is 1. The smallest absolute Gasteiger partial charge is 0.391 e. The molecule has 1 aliphatic rings. The number of halogens is 4. The number of esters is 1. The molecule has 0 radical (unpaired) electrons. The molecule has 2 atom stereocenters. The summed E-state index contributed by atoms with van der Waals surface area (Å²) in [5.41, 5.74) is 0.680. The summed E-state index contributed by atoms with van der Waals surface area (Å²) in [5.74, 6) is -2.34. The Labute approximate surface area is 126 Å². The Morgan fingerprint density at radius 2 is 2.05 bits per heavy atom. The van der Waals surface area contributed by atoms with Crippen LogP contribution in [0.15, 0.2) is 18.2 Å². The molecule has 1 aliphatic carbocycles. The van der Waals surface area contributed by atoms with Crippen LogP contribution in [-0.4, -0.2) is 12.1 Å². The molecule has 1 fully saturated rings. The SMILES string of the molecule is Cc1cc(Cl)ccc1OC(=O)C1CCCC(C(F)(F)F)C1. The highest BCUT2D eigenvalue weighted by Gasteiger charge is 2.44. The largest absolute Gasteiger partial charge is 0.426 e. The normalized spacial score (nSPS) is 22.9. The average Bonchev–Trinajstić information content (AvgIpc) is 2.41. The molecule has 0 aromatic heterocycles. The van der Waals surface area contributed by atoms with Gasteiger partial charge in [0.25, 0.3) is 0 Å². The molecule has 0 heterocycles. The number of carbonyl (C=O) groups excluding carboxylic acids is 1. The number of carbonyl (C=O) groups is 1. The number of rotatable bonds is 2. The van der Waals surface area contributed by atoms with Crippen LogP contribution in [-0.2, 0) is 4.79 Å². The maximum absolute atomic E-state index is 12.7. The van der Waals surface area contributed by atoms with Crippen LogP contribution in [0.3, 0.4) is 0 Å². The first kappa shape index (κ1) is 16.1. The fourth-order valence-corrected chi connectivity index (χ4v) is 2.85. The van der Waals surface area contributed by atoms with Gasteiger partial charge in [-0.1, -0.05) is 18.0 Å². The van der Waals surface area contributed by atoms with Gasteiger partial charge in [0.2, 0.25) is 0 Å². The van der Waals surface area contributed by atoms with E-state index in [4.69, 9.17) is 16.3 Å². The van der Waals surface area contributed by atoms with E-state index in [0.717, 1.165) is 0 Å². The van der Waals surface area contributed by atoms with Crippen LogP contribution in [0.25, 0.3) is 0 Å². The lowest BCUT2D eigenvalue weighted by Crippen LogP contribution is -2.33. The maximum Gasteiger partial charge on any atom is 0.391 e. The Balaban J connectivity index is 2.03. The van der Waals surface area contributed by atoms with Crippen molar-refractivity contribution in [2.45, 2.75) is 38.8 Å². The summed E-state index contributed by atoms with van der Waals surface area (Å²) in [6.45, 7) is 1.73. The summed E-state index contributed by atoms with van der Waals surface area (Å²) in [5, 5.41) is 0.516. The van der Waals surface area contributed by atoms with Gasteiger partial charge in [0.05, 0.1) is 11.8 Å². The second-order valence-corrected chi connectivity index (χ2v) is 5.87. The summed E-state index contributed by atoms with van der Waals surface area (Å²) < 4.78 is 43.5. The van der Waals surface area contributed by atoms with Gasteiger partial charge >= 0.3 is 12.1 Å². The van der Waals surface area contributed by atoms with E-state index in [1.54, 1.807) is 25.1 Å². The molecule has 2 rings (SSSR count). The Bertz CT molecular complexity index is 528. The zero-order valence-corrected chi connectivity index (χ0v) is 12.3. The molecule has 0 amide bonds. The molecule has 2 nitrogen and oxygen atoms in total. The lowest BCUT2D eigenvalue weighted by Gasteiger charge is -2.29. The summed E-state index contributed by atoms with van der Waals surface area (Å²) in [7, 11) is 0. The van der Waals surface area contributed by atoms with Gasteiger partial charge in [-0.25, -0.2) is 0 Å². The Morgan fingerprint density at radius 3 is 2.67 bits per heavy atom. The van der Waals surface area contributed by atoms with Crippen LogP contribution in [0.5, 0.6) is 5.75 Å². The fraction of sp³-hybridized carbons (Fsp3) is 0.533. The zero-order chi connectivity index (χ0) is 15.6. The molecular weight excluding hydrogens is 305 g/mol. The summed E-state index contributed by atoms with van der Waals surface area (Å²) in [6, 6.07) is 4.78. The summed E-state index contributed by atoms with van der Waals surface area (Å²) >= 11 is 5.81. The van der Waals surface area contributed by atoms with Gasteiger partial charge in [-0.05, 0) is 49.9 Å². The quantitative estimate of drug-likeness (QED) is 0.571. The van der Waals surface area contributed by atoms with Crippen LogP contribution < -0.4 is 4.74 Å². The van der Waals surface area contributed by atoms with Crippen LogP contribution >= 0.6 is 11.6 Å². The average molecular weight is 321 g/mol. The number of hydrogen-bond acceptors (Lipinski definition) is 2. The van der Waals surface area contributed by atoms with Crippen molar-refractivity contribution in [2.24, 2.45) is 11.8 Å². The molecule has 0 N–H and O–H groups in total. The summed E-state index contributed by atoms with van der Waals surface area (Å²) in [6.07, 6.45) is -3.50. The fourth-order valence-electron chi connectivity index (χ4n) is 2.62. The standard InChI is InChI=1S/C15H16ClF3O2/c1-9-7-12(16)5-6-13(9)21-14(20)10-3-2-4-11(8-10)15(17,18)19/h5-7,10-11H,2-4,8H2,1H3. The van der Waals surface area contributed by atoms with Crippen molar-refractivity contribution in [2.75, 3.05) is 0 Å². The van der Waals surface area contributed by atoms with Gasteiger partial charge in [-0.3, -0.25) is 4.79 Å². The van der Waals surface area contributed by atoms with Gasteiger partial charge in [0.1, 0.15) is 5.75 Å². The van der Waals surface area contributed by atoms with Crippen molar-refractivity contribution in [3.05, 3.63) is 28.8 Å². The molecule has 1 saturated carbocycles. The van der Waals surface area contributed by atoms with E-state index in [0.29, 0.717) is 29.2 Å². The van der Waals surface area contributed by atoms with Gasteiger partial charge in [-0.2, -0.15) is 13.2 Å². The van der Waals surface area contributed by atoms with Crippen molar-refractivity contribution in [3.8, 4) is 5.75 Å². The topological polar surface area (TPSA) is 26.3 Å². The molecular formula is C15H16ClF3O2. The number of hydrogen-bond donors (Lipinski definition) is 0. The number of alkyl halides is 3. The van der Waals surface area contributed by atoms with Crippen molar-refractivity contribution in [1.29, 1.82) is 0 Å². The van der Waals surface area contributed by atoms with Crippen LogP contribution in [0.2, 0.25) is 5.02 Å². The number of ether oxygens (including phenoxy) is 1. The Kier molecular flexibility index (Phi) is 4.81. The van der Waals surface area contributed by atoms with Crippen molar-refractivity contribution >= 4 is 17.6 Å². The van der Waals surface area contributed by atoms with Gasteiger partial charge in [0, 0.05) is 5.02 Å². The van der Waals surface area contributed by atoms with E-state index in [2.05, 4.69) is 0 Å². The zero-order valence-electron chi connectivity index (χ0n) is 11.5. The van der Waals surface area contributed by atoms with Crippen LogP contribution in [0, 0.1) is 18.8 Å². The lowest BCUT2D eigenvalue weighted by atomic mass is 9.81. The molecule has 6 heteroatoms. The van der Waals surface area contributed by atoms with E-state index >= 15 is 0 Å². The molecule has 2 unspecified atom stereocenters. The van der Waals surface area contributed by atoms with Crippen LogP contribution in [0.1, 0.15) is 31.2 Å². The van der Waals surface area contributed by atoms with Crippen molar-refractivity contribution in [3.63, 3.8) is 0 Å².